The first kappa shape index (κ1) is 14.9. The van der Waals surface area contributed by atoms with Crippen molar-refractivity contribution < 1.29 is 22.4 Å². The fourth-order valence-corrected chi connectivity index (χ4v) is 1.72. The standard InChI is InChI=1S/C13H12F3N3O2/c1-7-6-21-12(18-7)19-11(20)8-3-4-10(17-2)9(5-8)13(14,15)16/h3-6,17H,1-2H3,(H,18,19,20). The predicted molar refractivity (Wildman–Crippen MR) is 70.2 cm³/mol. The van der Waals surface area contributed by atoms with Gasteiger partial charge in [0.25, 0.3) is 5.91 Å². The summed E-state index contributed by atoms with van der Waals surface area (Å²) in [7, 11) is 1.37. The molecule has 0 fully saturated rings. The summed E-state index contributed by atoms with van der Waals surface area (Å²) in [5, 5.41) is 4.73. The normalized spacial score (nSPS) is 11.3. The molecule has 0 aliphatic heterocycles. The number of carbonyl (C=O) groups excluding carboxylic acids is 1. The third-order valence-electron chi connectivity index (χ3n) is 2.70. The van der Waals surface area contributed by atoms with E-state index >= 15 is 0 Å². The molecule has 2 aromatic rings. The lowest BCUT2D eigenvalue weighted by Crippen LogP contribution is -2.15. The molecule has 0 saturated carbocycles. The molecule has 0 radical (unpaired) electrons. The Morgan fingerprint density at radius 2 is 2.05 bits per heavy atom. The van der Waals surface area contributed by atoms with Crippen molar-refractivity contribution in [1.82, 2.24) is 4.98 Å². The zero-order chi connectivity index (χ0) is 15.6. The average Bonchev–Trinajstić information content (AvgIpc) is 2.82. The summed E-state index contributed by atoms with van der Waals surface area (Å²) in [4.78, 5) is 15.8. The van der Waals surface area contributed by atoms with Crippen LogP contribution in [0.2, 0.25) is 0 Å². The molecule has 0 atom stereocenters. The smallest absolute Gasteiger partial charge is 0.418 e. The molecule has 2 rings (SSSR count). The monoisotopic (exact) mass is 299 g/mol. The molecule has 0 saturated heterocycles. The SMILES string of the molecule is CNc1ccc(C(=O)Nc2nc(C)co2)cc1C(F)(F)F. The maximum absolute atomic E-state index is 12.9. The number of halogens is 3. The topological polar surface area (TPSA) is 67.2 Å². The number of amides is 1. The molecule has 0 aliphatic carbocycles. The van der Waals surface area contributed by atoms with Crippen molar-refractivity contribution in [3.63, 3.8) is 0 Å². The van der Waals surface area contributed by atoms with E-state index in [2.05, 4.69) is 15.6 Å². The van der Waals surface area contributed by atoms with E-state index < -0.39 is 17.6 Å². The van der Waals surface area contributed by atoms with Gasteiger partial charge in [0.1, 0.15) is 6.26 Å². The van der Waals surface area contributed by atoms with Crippen LogP contribution in [-0.2, 0) is 6.18 Å². The quantitative estimate of drug-likeness (QED) is 0.912. The second kappa shape index (κ2) is 5.47. The fraction of sp³-hybridized carbons (Fsp3) is 0.231. The van der Waals surface area contributed by atoms with Gasteiger partial charge in [0.05, 0.1) is 11.3 Å². The van der Waals surface area contributed by atoms with Crippen LogP contribution in [0.3, 0.4) is 0 Å². The number of alkyl halides is 3. The van der Waals surface area contributed by atoms with Gasteiger partial charge in [0.2, 0.25) is 0 Å². The van der Waals surface area contributed by atoms with Crippen LogP contribution in [0.15, 0.2) is 28.9 Å². The van der Waals surface area contributed by atoms with Crippen molar-refractivity contribution in [2.24, 2.45) is 0 Å². The van der Waals surface area contributed by atoms with E-state index in [4.69, 9.17) is 4.42 Å². The van der Waals surface area contributed by atoms with Crippen molar-refractivity contribution in [3.8, 4) is 0 Å². The molecule has 0 bridgehead atoms. The van der Waals surface area contributed by atoms with E-state index in [9.17, 15) is 18.0 Å². The second-order valence-electron chi connectivity index (χ2n) is 4.26. The number of hydrogen-bond acceptors (Lipinski definition) is 4. The molecule has 112 valence electrons. The third kappa shape index (κ3) is 3.33. The van der Waals surface area contributed by atoms with Crippen molar-refractivity contribution in [2.75, 3.05) is 17.7 Å². The molecule has 8 heteroatoms. The summed E-state index contributed by atoms with van der Waals surface area (Å²) in [5.74, 6) is -0.731. The molecule has 21 heavy (non-hydrogen) atoms. The molecule has 5 nitrogen and oxygen atoms in total. The second-order valence-corrected chi connectivity index (χ2v) is 4.26. The number of hydrogen-bond donors (Lipinski definition) is 2. The average molecular weight is 299 g/mol. The highest BCUT2D eigenvalue weighted by atomic mass is 19.4. The first-order valence-corrected chi connectivity index (χ1v) is 5.93. The van der Waals surface area contributed by atoms with Crippen molar-refractivity contribution in [1.29, 1.82) is 0 Å². The lowest BCUT2D eigenvalue weighted by molar-refractivity contribution is -0.136. The number of nitrogens with one attached hydrogen (secondary N) is 2. The van der Waals surface area contributed by atoms with E-state index in [1.165, 1.54) is 25.4 Å². The van der Waals surface area contributed by atoms with Crippen LogP contribution in [0.4, 0.5) is 24.9 Å². The molecule has 1 heterocycles. The Morgan fingerprint density at radius 1 is 1.33 bits per heavy atom. The first-order chi connectivity index (χ1) is 9.81. The number of nitrogens with zero attached hydrogens (tertiary/aromatic N) is 1. The number of anilines is 2. The van der Waals surface area contributed by atoms with Gasteiger partial charge in [-0.15, -0.1) is 0 Å². The van der Waals surface area contributed by atoms with Crippen molar-refractivity contribution in [3.05, 3.63) is 41.3 Å². The van der Waals surface area contributed by atoms with Crippen LogP contribution >= 0.6 is 0 Å². The van der Waals surface area contributed by atoms with E-state index in [0.717, 1.165) is 6.07 Å². The summed E-state index contributed by atoms with van der Waals surface area (Å²) in [6.07, 6.45) is -3.24. The van der Waals surface area contributed by atoms with Gasteiger partial charge >= 0.3 is 12.2 Å². The lowest BCUT2D eigenvalue weighted by Gasteiger charge is -2.13. The van der Waals surface area contributed by atoms with Gasteiger partial charge in [0.15, 0.2) is 0 Å². The minimum Gasteiger partial charge on any atom is -0.432 e. The Hall–Kier alpha value is -2.51. The Labute approximate surface area is 118 Å². The molecule has 1 amide bonds. The number of aromatic nitrogens is 1. The maximum atomic E-state index is 12.9. The summed E-state index contributed by atoms with van der Waals surface area (Å²) < 4.78 is 43.6. The van der Waals surface area contributed by atoms with E-state index in [1.54, 1.807) is 6.92 Å². The van der Waals surface area contributed by atoms with Crippen molar-refractivity contribution in [2.45, 2.75) is 13.1 Å². The molecule has 0 unspecified atom stereocenters. The molecule has 1 aromatic carbocycles. The Morgan fingerprint density at radius 3 is 2.57 bits per heavy atom. The van der Waals surface area contributed by atoms with Crippen LogP contribution in [-0.4, -0.2) is 17.9 Å². The number of oxazole rings is 1. The number of rotatable bonds is 3. The maximum Gasteiger partial charge on any atom is 0.418 e. The fourth-order valence-electron chi connectivity index (χ4n) is 1.72. The van der Waals surface area contributed by atoms with Gasteiger partial charge in [-0.1, -0.05) is 0 Å². The number of benzene rings is 1. The van der Waals surface area contributed by atoms with Crippen LogP contribution in [0.1, 0.15) is 21.6 Å². The molecule has 2 N–H and O–H groups in total. The predicted octanol–water partition coefficient (Wildman–Crippen LogP) is 3.30. The van der Waals surface area contributed by atoms with Gasteiger partial charge in [-0.3, -0.25) is 10.1 Å². The zero-order valence-corrected chi connectivity index (χ0v) is 11.2. The lowest BCUT2D eigenvalue weighted by atomic mass is 10.1. The summed E-state index contributed by atoms with van der Waals surface area (Å²) in [5.41, 5.74) is -0.615. The third-order valence-corrected chi connectivity index (χ3v) is 2.70. The highest BCUT2D eigenvalue weighted by Gasteiger charge is 2.34. The summed E-state index contributed by atoms with van der Waals surface area (Å²) in [6, 6.07) is 3.19. The highest BCUT2D eigenvalue weighted by molar-refractivity contribution is 6.03. The van der Waals surface area contributed by atoms with Crippen LogP contribution < -0.4 is 10.6 Å². The molecule has 0 spiro atoms. The largest absolute Gasteiger partial charge is 0.432 e. The van der Waals surface area contributed by atoms with Gasteiger partial charge in [-0.25, -0.2) is 0 Å². The Bertz CT molecular complexity index is 665. The number of carbonyl (C=O) groups is 1. The minimum absolute atomic E-state index is 0.0660. The zero-order valence-electron chi connectivity index (χ0n) is 11.2. The molecular formula is C13H12F3N3O2. The minimum atomic E-state index is -4.56. The molecule has 1 aromatic heterocycles. The van der Waals surface area contributed by atoms with Crippen LogP contribution in [0.25, 0.3) is 0 Å². The molecular weight excluding hydrogens is 287 g/mol. The number of aryl methyl sites for hydroxylation is 1. The van der Waals surface area contributed by atoms with E-state index in [-0.39, 0.29) is 17.3 Å². The van der Waals surface area contributed by atoms with Gasteiger partial charge in [0, 0.05) is 18.3 Å². The van der Waals surface area contributed by atoms with Gasteiger partial charge < -0.3 is 9.73 Å². The van der Waals surface area contributed by atoms with Gasteiger partial charge in [-0.2, -0.15) is 18.2 Å². The van der Waals surface area contributed by atoms with E-state index in [0.29, 0.717) is 5.69 Å². The molecule has 0 aliphatic rings. The summed E-state index contributed by atoms with van der Waals surface area (Å²) in [6.45, 7) is 1.66. The van der Waals surface area contributed by atoms with Crippen LogP contribution in [0.5, 0.6) is 0 Å². The Kier molecular flexibility index (Phi) is 3.88. The van der Waals surface area contributed by atoms with Gasteiger partial charge in [-0.05, 0) is 25.1 Å². The van der Waals surface area contributed by atoms with Crippen molar-refractivity contribution >= 4 is 17.6 Å². The summed E-state index contributed by atoms with van der Waals surface area (Å²) >= 11 is 0. The van der Waals surface area contributed by atoms with E-state index in [1.807, 2.05) is 0 Å². The van der Waals surface area contributed by atoms with Crippen LogP contribution in [0, 0.1) is 6.92 Å². The highest BCUT2D eigenvalue weighted by Crippen LogP contribution is 2.35. The first-order valence-electron chi connectivity index (χ1n) is 5.93. The Balaban J connectivity index is 2.29.